The van der Waals surface area contributed by atoms with Crippen molar-refractivity contribution in [2.24, 2.45) is 0 Å². The molecule has 1 aromatic rings. The van der Waals surface area contributed by atoms with Crippen molar-refractivity contribution in [3.05, 3.63) is 35.9 Å². The Bertz CT molecular complexity index is 400. The molecule has 0 aromatic heterocycles. The lowest BCUT2D eigenvalue weighted by Gasteiger charge is -2.33. The number of hydrogen-bond acceptors (Lipinski definition) is 2. The number of carboxylic acid groups (broad SMARTS) is 1. The van der Waals surface area contributed by atoms with Gasteiger partial charge in [-0.05, 0) is 24.4 Å². The quantitative estimate of drug-likeness (QED) is 0.906. The second-order valence-corrected chi connectivity index (χ2v) is 5.21. The molecule has 0 spiro atoms. The summed E-state index contributed by atoms with van der Waals surface area (Å²) in [4.78, 5) is 14.7. The fourth-order valence-electron chi connectivity index (χ4n) is 2.49. The van der Waals surface area contributed by atoms with Crippen LogP contribution in [0, 0.1) is 0 Å². The van der Waals surface area contributed by atoms with Gasteiger partial charge >= 0.3 is 6.09 Å². The summed E-state index contributed by atoms with van der Waals surface area (Å²) in [7, 11) is 0. The Morgan fingerprint density at radius 1 is 1.21 bits per heavy atom. The highest BCUT2D eigenvalue weighted by molar-refractivity contribution is 5.65. The maximum absolute atomic E-state index is 10.8. The molecule has 0 radical (unpaired) electrons. The molecule has 1 atom stereocenters. The summed E-state index contributed by atoms with van der Waals surface area (Å²) in [5, 5.41) is 8.90. The van der Waals surface area contributed by atoms with Crippen LogP contribution in [0.4, 0.5) is 4.79 Å². The van der Waals surface area contributed by atoms with Gasteiger partial charge in [-0.15, -0.1) is 0 Å². The highest BCUT2D eigenvalue weighted by Crippen LogP contribution is 2.19. The van der Waals surface area contributed by atoms with Gasteiger partial charge in [-0.1, -0.05) is 37.3 Å². The van der Waals surface area contributed by atoms with Gasteiger partial charge in [0.05, 0.1) is 0 Å². The maximum atomic E-state index is 10.8. The van der Waals surface area contributed by atoms with Crippen LogP contribution in [0.2, 0.25) is 0 Å². The monoisotopic (exact) mass is 262 g/mol. The number of hydrogen-bond donors (Lipinski definition) is 1. The average Bonchev–Trinajstić information content (AvgIpc) is 2.46. The maximum Gasteiger partial charge on any atom is 0.407 e. The first-order valence-corrected chi connectivity index (χ1v) is 6.92. The van der Waals surface area contributed by atoms with Gasteiger partial charge in [-0.3, -0.25) is 4.90 Å². The fraction of sp³-hybridized carbons (Fsp3) is 0.533. The highest BCUT2D eigenvalue weighted by atomic mass is 16.4. The van der Waals surface area contributed by atoms with Crippen LogP contribution in [0.5, 0.6) is 0 Å². The van der Waals surface area contributed by atoms with Gasteiger partial charge in [0.1, 0.15) is 0 Å². The van der Waals surface area contributed by atoms with E-state index in [1.54, 1.807) is 0 Å². The minimum atomic E-state index is -0.794. The average molecular weight is 262 g/mol. The van der Waals surface area contributed by atoms with Gasteiger partial charge in [-0.25, -0.2) is 4.79 Å². The molecule has 1 aliphatic rings. The van der Waals surface area contributed by atoms with E-state index in [1.165, 1.54) is 10.5 Å². The van der Waals surface area contributed by atoms with Crippen molar-refractivity contribution in [1.29, 1.82) is 0 Å². The third kappa shape index (κ3) is 3.96. The summed E-state index contributed by atoms with van der Waals surface area (Å²) in [6, 6.07) is 10.6. The van der Waals surface area contributed by atoms with Gasteiger partial charge in [0.25, 0.3) is 0 Å². The largest absolute Gasteiger partial charge is 0.465 e. The molecule has 1 fully saturated rings. The Morgan fingerprint density at radius 2 is 1.84 bits per heavy atom. The molecule has 104 valence electrons. The van der Waals surface area contributed by atoms with Crippen molar-refractivity contribution in [1.82, 2.24) is 9.80 Å². The van der Waals surface area contributed by atoms with E-state index >= 15 is 0 Å². The minimum absolute atomic E-state index is 0.554. The molecular formula is C15H22N2O2. The minimum Gasteiger partial charge on any atom is -0.465 e. The normalized spacial score (nSPS) is 18.3. The molecule has 0 saturated carbocycles. The van der Waals surface area contributed by atoms with Crippen LogP contribution < -0.4 is 0 Å². The first kappa shape index (κ1) is 13.9. The predicted molar refractivity (Wildman–Crippen MR) is 75.5 cm³/mol. The van der Waals surface area contributed by atoms with Crippen LogP contribution in [0.15, 0.2) is 30.3 Å². The van der Waals surface area contributed by atoms with E-state index in [0.717, 1.165) is 26.1 Å². The van der Waals surface area contributed by atoms with Crippen molar-refractivity contribution in [3.63, 3.8) is 0 Å². The Balaban J connectivity index is 1.73. The van der Waals surface area contributed by atoms with Crippen molar-refractivity contribution in [3.8, 4) is 0 Å². The lowest BCUT2D eigenvalue weighted by molar-refractivity contribution is 0.104. The number of nitrogens with zero attached hydrogens (tertiary/aromatic N) is 2. The topological polar surface area (TPSA) is 43.8 Å². The Morgan fingerprint density at radius 3 is 2.42 bits per heavy atom. The van der Waals surface area contributed by atoms with Gasteiger partial charge < -0.3 is 10.0 Å². The van der Waals surface area contributed by atoms with Crippen molar-refractivity contribution >= 4 is 6.09 Å². The molecule has 1 unspecified atom stereocenters. The van der Waals surface area contributed by atoms with E-state index in [4.69, 9.17) is 5.11 Å². The highest BCUT2D eigenvalue weighted by Gasteiger charge is 2.20. The van der Waals surface area contributed by atoms with Crippen molar-refractivity contribution < 1.29 is 9.90 Å². The summed E-state index contributed by atoms with van der Waals surface area (Å²) in [5.74, 6) is 0.554. The summed E-state index contributed by atoms with van der Waals surface area (Å²) >= 11 is 0. The van der Waals surface area contributed by atoms with E-state index in [-0.39, 0.29) is 0 Å². The van der Waals surface area contributed by atoms with E-state index in [2.05, 4.69) is 36.1 Å². The second kappa shape index (κ2) is 6.57. The van der Waals surface area contributed by atoms with Gasteiger partial charge in [0, 0.05) is 26.2 Å². The van der Waals surface area contributed by atoms with Crippen LogP contribution >= 0.6 is 0 Å². The van der Waals surface area contributed by atoms with Gasteiger partial charge in [0.2, 0.25) is 0 Å². The molecule has 1 heterocycles. The first-order valence-electron chi connectivity index (χ1n) is 6.92. The lowest BCUT2D eigenvalue weighted by Crippen LogP contribution is -2.48. The molecule has 2 rings (SSSR count). The summed E-state index contributed by atoms with van der Waals surface area (Å²) in [5.41, 5.74) is 1.38. The molecule has 1 amide bonds. The van der Waals surface area contributed by atoms with Gasteiger partial charge in [0.15, 0.2) is 0 Å². The first-order chi connectivity index (χ1) is 9.16. The van der Waals surface area contributed by atoms with Crippen LogP contribution in [0.1, 0.15) is 24.8 Å². The van der Waals surface area contributed by atoms with Gasteiger partial charge in [-0.2, -0.15) is 0 Å². The molecule has 4 heteroatoms. The number of benzene rings is 1. The molecule has 0 aliphatic carbocycles. The smallest absolute Gasteiger partial charge is 0.407 e. The standard InChI is InChI=1S/C15H22N2O2/c1-13(14-5-3-2-4-6-14)7-8-16-9-11-17(12-10-16)15(18)19/h2-6,13H,7-12H2,1H3,(H,18,19). The Labute approximate surface area is 114 Å². The van der Waals surface area contributed by atoms with E-state index in [9.17, 15) is 4.79 Å². The fourth-order valence-corrected chi connectivity index (χ4v) is 2.49. The zero-order chi connectivity index (χ0) is 13.7. The van der Waals surface area contributed by atoms with Crippen LogP contribution in [-0.2, 0) is 0 Å². The van der Waals surface area contributed by atoms with E-state index in [0.29, 0.717) is 19.0 Å². The van der Waals surface area contributed by atoms with Crippen LogP contribution in [0.25, 0.3) is 0 Å². The summed E-state index contributed by atoms with van der Waals surface area (Å²) in [6.07, 6.45) is 0.328. The van der Waals surface area contributed by atoms with Crippen molar-refractivity contribution in [2.75, 3.05) is 32.7 Å². The predicted octanol–water partition coefficient (Wildman–Crippen LogP) is 2.48. The summed E-state index contributed by atoms with van der Waals surface area (Å²) in [6.45, 7) is 6.28. The van der Waals surface area contributed by atoms with Crippen molar-refractivity contribution in [2.45, 2.75) is 19.3 Å². The number of piperazine rings is 1. The lowest BCUT2D eigenvalue weighted by atomic mass is 9.97. The summed E-state index contributed by atoms with van der Waals surface area (Å²) < 4.78 is 0. The molecule has 1 aromatic carbocycles. The molecule has 1 saturated heterocycles. The zero-order valence-corrected chi connectivity index (χ0v) is 11.5. The number of carbonyl (C=O) groups is 1. The van der Waals surface area contributed by atoms with E-state index in [1.807, 2.05) is 6.07 Å². The van der Waals surface area contributed by atoms with E-state index < -0.39 is 6.09 Å². The van der Waals surface area contributed by atoms with Crippen LogP contribution in [0.3, 0.4) is 0 Å². The molecule has 1 N–H and O–H groups in total. The molecule has 0 bridgehead atoms. The SMILES string of the molecule is CC(CCN1CCN(C(=O)O)CC1)c1ccccc1. The molecule has 1 aliphatic heterocycles. The molecule has 4 nitrogen and oxygen atoms in total. The molecular weight excluding hydrogens is 240 g/mol. The number of rotatable bonds is 4. The third-order valence-corrected chi connectivity index (χ3v) is 3.89. The Kier molecular flexibility index (Phi) is 4.80. The van der Waals surface area contributed by atoms with Crippen LogP contribution in [-0.4, -0.2) is 53.7 Å². The molecule has 19 heavy (non-hydrogen) atoms. The second-order valence-electron chi connectivity index (χ2n) is 5.21. The zero-order valence-electron chi connectivity index (χ0n) is 11.5. The number of amides is 1. The third-order valence-electron chi connectivity index (χ3n) is 3.89. The Hall–Kier alpha value is -1.55.